The molecule has 0 aliphatic rings. The Bertz CT molecular complexity index is 1190. The molecular weight excluding hydrogens is 490 g/mol. The monoisotopic (exact) mass is 531 g/mol. The van der Waals surface area contributed by atoms with Crippen molar-refractivity contribution in [2.45, 2.75) is 65.1 Å². The second kappa shape index (κ2) is 14.4. The molecule has 3 atom stereocenters. The number of aryl methyl sites for hydroxylation is 2. The number of anilines is 1. The smallest absolute Gasteiger partial charge is 0.258 e. The van der Waals surface area contributed by atoms with Crippen LogP contribution in [0.4, 0.5) is 5.69 Å². The Balaban J connectivity index is 1.71. The number of nitrogens with one attached hydrogen (secondary N) is 2. The lowest BCUT2D eigenvalue weighted by atomic mass is 9.92. The third-order valence-electron chi connectivity index (χ3n) is 6.66. The molecule has 0 saturated heterocycles. The van der Waals surface area contributed by atoms with Crippen molar-refractivity contribution in [1.29, 1.82) is 0 Å². The molecule has 208 valence electrons. The van der Waals surface area contributed by atoms with Crippen molar-refractivity contribution in [3.05, 3.63) is 95.1 Å². The third-order valence-corrected chi connectivity index (χ3v) is 6.66. The van der Waals surface area contributed by atoms with Crippen molar-refractivity contribution in [2.24, 2.45) is 5.92 Å². The van der Waals surface area contributed by atoms with Gasteiger partial charge in [-0.1, -0.05) is 62.4 Å². The molecule has 7 heteroatoms. The zero-order valence-corrected chi connectivity index (χ0v) is 23.3. The number of benzene rings is 3. The van der Waals surface area contributed by atoms with E-state index >= 15 is 0 Å². The van der Waals surface area contributed by atoms with Gasteiger partial charge in [0.15, 0.2) is 6.61 Å². The van der Waals surface area contributed by atoms with E-state index in [0.29, 0.717) is 35.8 Å². The van der Waals surface area contributed by atoms with Crippen LogP contribution in [0.3, 0.4) is 0 Å². The number of aliphatic hydroxyl groups excluding tert-OH is 1. The maximum absolute atomic E-state index is 13.0. The molecule has 39 heavy (non-hydrogen) atoms. The lowest BCUT2D eigenvalue weighted by molar-refractivity contribution is -0.124. The lowest BCUT2D eigenvalue weighted by Gasteiger charge is -2.29. The van der Waals surface area contributed by atoms with Crippen LogP contribution in [-0.4, -0.2) is 41.7 Å². The predicted molar refractivity (Wildman–Crippen MR) is 156 cm³/mol. The van der Waals surface area contributed by atoms with E-state index < -0.39 is 12.1 Å². The Kier molecular flexibility index (Phi) is 10.9. The maximum Gasteiger partial charge on any atom is 0.258 e. The van der Waals surface area contributed by atoms with Crippen molar-refractivity contribution in [3.63, 3.8) is 0 Å². The first-order chi connectivity index (χ1) is 18.6. The molecule has 0 heterocycles. The summed E-state index contributed by atoms with van der Waals surface area (Å²) in [4.78, 5) is 25.9. The van der Waals surface area contributed by atoms with Crippen LogP contribution in [0.2, 0.25) is 0 Å². The van der Waals surface area contributed by atoms with Crippen LogP contribution >= 0.6 is 0 Å². The third kappa shape index (κ3) is 9.45. The number of carbonyl (C=O) groups excluding carboxylic acids is 2. The standard InChI is InChI=1S/C32H41N3O4/c1-21(2)17-27(34-32(38)25-13-15-26(33)16-14-25)19-29(36)28(18-24-11-6-5-7-12-24)35-30(37)20-39-31-22(3)9-8-10-23(31)4/h5-16,21,27-29,36H,17-20,33H2,1-4H3,(H,34,38)(H,35,37)/t27-,28-,29-/m0/s1. The summed E-state index contributed by atoms with van der Waals surface area (Å²) >= 11 is 0. The van der Waals surface area contributed by atoms with Gasteiger partial charge in [0.2, 0.25) is 0 Å². The van der Waals surface area contributed by atoms with Gasteiger partial charge in [-0.2, -0.15) is 0 Å². The fraction of sp³-hybridized carbons (Fsp3) is 0.375. The summed E-state index contributed by atoms with van der Waals surface area (Å²) in [5, 5.41) is 17.4. The summed E-state index contributed by atoms with van der Waals surface area (Å²) < 4.78 is 5.84. The largest absolute Gasteiger partial charge is 0.483 e. The summed E-state index contributed by atoms with van der Waals surface area (Å²) in [5.74, 6) is 0.444. The van der Waals surface area contributed by atoms with E-state index in [0.717, 1.165) is 16.7 Å². The fourth-order valence-electron chi connectivity index (χ4n) is 4.71. The maximum atomic E-state index is 13.0. The molecule has 0 bridgehead atoms. The van der Waals surface area contributed by atoms with E-state index in [1.54, 1.807) is 24.3 Å². The quantitative estimate of drug-likeness (QED) is 0.241. The lowest BCUT2D eigenvalue weighted by Crippen LogP contribution is -2.49. The summed E-state index contributed by atoms with van der Waals surface area (Å²) in [6.45, 7) is 7.87. The van der Waals surface area contributed by atoms with Crippen molar-refractivity contribution in [1.82, 2.24) is 10.6 Å². The highest BCUT2D eigenvalue weighted by molar-refractivity contribution is 5.94. The number of hydrogen-bond acceptors (Lipinski definition) is 5. The van der Waals surface area contributed by atoms with Crippen LogP contribution < -0.4 is 21.1 Å². The average molecular weight is 532 g/mol. The predicted octanol–water partition coefficient (Wildman–Crippen LogP) is 4.59. The molecule has 0 aliphatic heterocycles. The molecule has 2 amide bonds. The summed E-state index contributed by atoms with van der Waals surface area (Å²) in [5.41, 5.74) is 9.75. The Morgan fingerprint density at radius 2 is 1.51 bits per heavy atom. The van der Waals surface area contributed by atoms with Gasteiger partial charge < -0.3 is 26.2 Å². The average Bonchev–Trinajstić information content (AvgIpc) is 2.88. The molecule has 7 nitrogen and oxygen atoms in total. The number of nitrogens with two attached hydrogens (primary N) is 1. The Morgan fingerprint density at radius 1 is 0.872 bits per heavy atom. The summed E-state index contributed by atoms with van der Waals surface area (Å²) in [7, 11) is 0. The number of amides is 2. The topological polar surface area (TPSA) is 114 Å². The number of nitrogen functional groups attached to an aromatic ring is 1. The summed E-state index contributed by atoms with van der Waals surface area (Å²) in [6.07, 6.45) is 0.510. The summed E-state index contributed by atoms with van der Waals surface area (Å²) in [6, 6.07) is 21.4. The van der Waals surface area contributed by atoms with Gasteiger partial charge in [-0.25, -0.2) is 0 Å². The van der Waals surface area contributed by atoms with E-state index in [1.807, 2.05) is 62.4 Å². The van der Waals surface area contributed by atoms with Gasteiger partial charge in [-0.05, 0) is 80.0 Å². The second-order valence-electron chi connectivity index (χ2n) is 10.6. The van der Waals surface area contributed by atoms with Crippen molar-refractivity contribution < 1.29 is 19.4 Å². The molecule has 0 radical (unpaired) electrons. The molecule has 5 N–H and O–H groups in total. The number of para-hydroxylation sites is 1. The van der Waals surface area contributed by atoms with Crippen LogP contribution in [0, 0.1) is 19.8 Å². The van der Waals surface area contributed by atoms with Crippen molar-refractivity contribution in [2.75, 3.05) is 12.3 Å². The highest BCUT2D eigenvalue weighted by Gasteiger charge is 2.27. The Labute approximate surface area is 231 Å². The minimum atomic E-state index is -0.898. The molecule has 3 aromatic carbocycles. The molecule has 0 saturated carbocycles. The Morgan fingerprint density at radius 3 is 2.13 bits per heavy atom. The van der Waals surface area contributed by atoms with E-state index in [9.17, 15) is 14.7 Å². The first-order valence-corrected chi connectivity index (χ1v) is 13.5. The van der Waals surface area contributed by atoms with Crippen LogP contribution in [0.5, 0.6) is 5.75 Å². The van der Waals surface area contributed by atoms with Gasteiger partial charge in [-0.15, -0.1) is 0 Å². The van der Waals surface area contributed by atoms with Crippen LogP contribution in [0.15, 0.2) is 72.8 Å². The number of rotatable bonds is 13. The minimum absolute atomic E-state index is 0.160. The van der Waals surface area contributed by atoms with E-state index in [2.05, 4.69) is 24.5 Å². The molecule has 0 fully saturated rings. The molecule has 0 aliphatic carbocycles. The zero-order valence-electron chi connectivity index (χ0n) is 23.3. The first kappa shape index (κ1) is 29.7. The molecular formula is C32H41N3O4. The van der Waals surface area contributed by atoms with Gasteiger partial charge in [0.05, 0.1) is 12.1 Å². The van der Waals surface area contributed by atoms with E-state index in [-0.39, 0.29) is 30.9 Å². The zero-order chi connectivity index (χ0) is 28.4. The molecule has 0 unspecified atom stereocenters. The number of carbonyl (C=O) groups is 2. The molecule has 0 aromatic heterocycles. The number of aliphatic hydroxyl groups is 1. The number of ether oxygens (including phenoxy) is 1. The van der Waals surface area contributed by atoms with Gasteiger partial charge in [0.25, 0.3) is 11.8 Å². The SMILES string of the molecule is Cc1cccc(C)c1OCC(=O)N[C@@H](Cc1ccccc1)[C@@H](O)C[C@H](CC(C)C)NC(=O)c1ccc(N)cc1. The van der Waals surface area contributed by atoms with Gasteiger partial charge in [0.1, 0.15) is 5.75 Å². The fourth-order valence-corrected chi connectivity index (χ4v) is 4.71. The normalized spacial score (nSPS) is 13.4. The second-order valence-corrected chi connectivity index (χ2v) is 10.6. The number of hydrogen-bond donors (Lipinski definition) is 4. The highest BCUT2D eigenvalue weighted by atomic mass is 16.5. The van der Waals surface area contributed by atoms with Gasteiger partial charge in [-0.3, -0.25) is 9.59 Å². The molecule has 3 aromatic rings. The van der Waals surface area contributed by atoms with Crippen molar-refractivity contribution in [3.8, 4) is 5.75 Å². The van der Waals surface area contributed by atoms with Gasteiger partial charge in [0, 0.05) is 17.3 Å². The van der Waals surface area contributed by atoms with Crippen molar-refractivity contribution >= 4 is 17.5 Å². The van der Waals surface area contributed by atoms with E-state index in [1.165, 1.54) is 0 Å². The van der Waals surface area contributed by atoms with Crippen LogP contribution in [0.1, 0.15) is 53.7 Å². The Hall–Kier alpha value is -3.84. The highest BCUT2D eigenvalue weighted by Crippen LogP contribution is 2.22. The van der Waals surface area contributed by atoms with Crippen LogP contribution in [-0.2, 0) is 11.2 Å². The molecule has 3 rings (SSSR count). The van der Waals surface area contributed by atoms with Crippen LogP contribution in [0.25, 0.3) is 0 Å². The minimum Gasteiger partial charge on any atom is -0.483 e. The van der Waals surface area contributed by atoms with E-state index in [4.69, 9.17) is 10.5 Å². The first-order valence-electron chi connectivity index (χ1n) is 13.5. The van der Waals surface area contributed by atoms with Gasteiger partial charge >= 0.3 is 0 Å². The molecule has 0 spiro atoms.